The first-order chi connectivity index (χ1) is 12.5. The second kappa shape index (κ2) is 7.91. The van der Waals surface area contributed by atoms with E-state index in [0.717, 1.165) is 29.7 Å². The van der Waals surface area contributed by atoms with Gasteiger partial charge in [0, 0.05) is 11.0 Å². The highest BCUT2D eigenvalue weighted by Gasteiger charge is 2.13. The van der Waals surface area contributed by atoms with Crippen LogP contribution in [-0.2, 0) is 6.54 Å². The molecule has 0 saturated heterocycles. The van der Waals surface area contributed by atoms with Crippen LogP contribution in [0.3, 0.4) is 0 Å². The Morgan fingerprint density at radius 1 is 1.08 bits per heavy atom. The average molecular weight is 418 g/mol. The van der Waals surface area contributed by atoms with E-state index in [1.54, 1.807) is 6.07 Å². The van der Waals surface area contributed by atoms with Gasteiger partial charge in [0.2, 0.25) is 0 Å². The van der Waals surface area contributed by atoms with Gasteiger partial charge >= 0.3 is 11.4 Å². The van der Waals surface area contributed by atoms with Crippen molar-refractivity contribution in [1.29, 1.82) is 0 Å². The van der Waals surface area contributed by atoms with Crippen LogP contribution < -0.4 is 16.1 Å². The van der Waals surface area contributed by atoms with E-state index in [0.29, 0.717) is 28.5 Å². The molecule has 6 heteroatoms. The SMILES string of the molecule is Cc1cccc(OCCCCn2c(=O)oc(=O)c3cc(C)cc(Br)c32)c1. The standard InChI is InChI=1S/C20H20BrNO4/c1-13-6-5-7-15(10-13)25-9-4-3-8-22-18-16(19(23)26-20(22)24)11-14(2)12-17(18)21/h5-7,10-12H,3-4,8-9H2,1-2H3. The summed E-state index contributed by atoms with van der Waals surface area (Å²) in [5.74, 6) is 0.211. The Hall–Kier alpha value is -2.34. The van der Waals surface area contributed by atoms with Gasteiger partial charge in [-0.3, -0.25) is 4.57 Å². The maximum atomic E-state index is 12.2. The molecule has 1 aromatic heterocycles. The topological polar surface area (TPSA) is 61.4 Å². The number of aromatic nitrogens is 1. The fraction of sp³-hybridized carbons (Fsp3) is 0.300. The summed E-state index contributed by atoms with van der Waals surface area (Å²) in [6.07, 6.45) is 1.51. The van der Waals surface area contributed by atoms with Gasteiger partial charge in [-0.1, -0.05) is 12.1 Å². The first-order valence-electron chi connectivity index (χ1n) is 8.49. The molecule has 0 aliphatic rings. The maximum Gasteiger partial charge on any atom is 0.422 e. The number of ether oxygens (including phenoxy) is 1. The molecule has 3 rings (SSSR count). The molecule has 0 unspecified atom stereocenters. The number of unbranched alkanes of at least 4 members (excludes halogenated alkanes) is 1. The van der Waals surface area contributed by atoms with Gasteiger partial charge in [0.25, 0.3) is 0 Å². The maximum absolute atomic E-state index is 12.2. The zero-order valence-corrected chi connectivity index (χ0v) is 16.3. The Labute approximate surface area is 159 Å². The molecule has 0 fully saturated rings. The lowest BCUT2D eigenvalue weighted by atomic mass is 10.1. The van der Waals surface area contributed by atoms with E-state index in [4.69, 9.17) is 9.15 Å². The molecular weight excluding hydrogens is 398 g/mol. The van der Waals surface area contributed by atoms with Crippen molar-refractivity contribution in [1.82, 2.24) is 4.57 Å². The molecule has 0 aliphatic carbocycles. The molecule has 0 aliphatic heterocycles. The Morgan fingerprint density at radius 3 is 2.65 bits per heavy atom. The lowest BCUT2D eigenvalue weighted by molar-refractivity contribution is 0.300. The Morgan fingerprint density at radius 2 is 1.88 bits per heavy atom. The second-order valence-electron chi connectivity index (χ2n) is 6.32. The molecule has 2 aromatic carbocycles. The van der Waals surface area contributed by atoms with Gasteiger partial charge in [-0.05, 0) is 78.0 Å². The quantitative estimate of drug-likeness (QED) is 0.564. The highest BCUT2D eigenvalue weighted by atomic mass is 79.9. The number of nitrogens with zero attached hydrogens (tertiary/aromatic N) is 1. The fourth-order valence-electron chi connectivity index (χ4n) is 2.92. The van der Waals surface area contributed by atoms with E-state index < -0.39 is 11.4 Å². The molecule has 136 valence electrons. The molecule has 0 bridgehead atoms. The number of hydrogen-bond acceptors (Lipinski definition) is 4. The van der Waals surface area contributed by atoms with Crippen LogP contribution in [0.25, 0.3) is 10.9 Å². The highest BCUT2D eigenvalue weighted by molar-refractivity contribution is 9.10. The molecule has 0 saturated carbocycles. The average Bonchev–Trinajstić information content (AvgIpc) is 2.57. The molecule has 26 heavy (non-hydrogen) atoms. The van der Waals surface area contributed by atoms with Gasteiger partial charge in [0.05, 0.1) is 17.5 Å². The molecular formula is C20H20BrNO4. The van der Waals surface area contributed by atoms with Crippen LogP contribution in [0.1, 0.15) is 24.0 Å². The molecule has 0 radical (unpaired) electrons. The minimum Gasteiger partial charge on any atom is -0.494 e. The van der Waals surface area contributed by atoms with Crippen LogP contribution in [0, 0.1) is 13.8 Å². The van der Waals surface area contributed by atoms with Crippen molar-refractivity contribution < 1.29 is 9.15 Å². The van der Waals surface area contributed by atoms with Crippen LogP contribution in [0.15, 0.2) is 54.9 Å². The summed E-state index contributed by atoms with van der Waals surface area (Å²) in [5.41, 5.74) is 2.05. The van der Waals surface area contributed by atoms with Crippen LogP contribution in [0.5, 0.6) is 5.75 Å². The second-order valence-corrected chi connectivity index (χ2v) is 7.18. The van der Waals surface area contributed by atoms with Gasteiger partial charge in [-0.25, -0.2) is 9.59 Å². The van der Waals surface area contributed by atoms with Gasteiger partial charge in [-0.15, -0.1) is 0 Å². The van der Waals surface area contributed by atoms with Crippen molar-refractivity contribution in [2.24, 2.45) is 0 Å². The van der Waals surface area contributed by atoms with E-state index >= 15 is 0 Å². The van der Waals surface area contributed by atoms with Crippen LogP contribution in [-0.4, -0.2) is 11.2 Å². The zero-order chi connectivity index (χ0) is 18.7. The van der Waals surface area contributed by atoms with Crippen molar-refractivity contribution in [3.8, 4) is 5.75 Å². The summed E-state index contributed by atoms with van der Waals surface area (Å²) >= 11 is 3.46. The predicted octanol–water partition coefficient (Wildman–Crippen LogP) is 4.19. The van der Waals surface area contributed by atoms with E-state index in [9.17, 15) is 9.59 Å². The molecule has 3 aromatic rings. The van der Waals surface area contributed by atoms with Gasteiger partial charge in [-0.2, -0.15) is 0 Å². The molecule has 5 nitrogen and oxygen atoms in total. The van der Waals surface area contributed by atoms with Crippen molar-refractivity contribution in [3.05, 3.63) is 73.0 Å². The number of aryl methyl sites for hydroxylation is 3. The first-order valence-corrected chi connectivity index (χ1v) is 9.28. The predicted molar refractivity (Wildman–Crippen MR) is 105 cm³/mol. The normalized spacial score (nSPS) is 11.0. The van der Waals surface area contributed by atoms with E-state index in [2.05, 4.69) is 15.9 Å². The number of hydrogen-bond donors (Lipinski definition) is 0. The molecule has 0 N–H and O–H groups in total. The van der Waals surface area contributed by atoms with E-state index in [-0.39, 0.29) is 0 Å². The zero-order valence-electron chi connectivity index (χ0n) is 14.8. The fourth-order valence-corrected chi connectivity index (χ4v) is 3.70. The van der Waals surface area contributed by atoms with Crippen molar-refractivity contribution >= 4 is 26.8 Å². The summed E-state index contributed by atoms with van der Waals surface area (Å²) in [4.78, 5) is 24.2. The monoisotopic (exact) mass is 417 g/mol. The lowest BCUT2D eigenvalue weighted by Crippen LogP contribution is -2.25. The van der Waals surface area contributed by atoms with E-state index in [1.807, 2.05) is 44.2 Å². The van der Waals surface area contributed by atoms with Crippen molar-refractivity contribution in [3.63, 3.8) is 0 Å². The Balaban J connectivity index is 1.71. The van der Waals surface area contributed by atoms with Crippen LogP contribution in [0.4, 0.5) is 0 Å². The number of fused-ring (bicyclic) bond motifs is 1. The van der Waals surface area contributed by atoms with E-state index in [1.165, 1.54) is 4.57 Å². The van der Waals surface area contributed by atoms with Gasteiger partial charge in [0.15, 0.2) is 0 Å². The van der Waals surface area contributed by atoms with Gasteiger partial charge in [0.1, 0.15) is 5.75 Å². The summed E-state index contributed by atoms with van der Waals surface area (Å²) in [5, 5.41) is 0.410. The van der Waals surface area contributed by atoms with Gasteiger partial charge < -0.3 is 9.15 Å². The lowest BCUT2D eigenvalue weighted by Gasteiger charge is -2.11. The molecule has 0 atom stereocenters. The Bertz CT molecular complexity index is 1050. The summed E-state index contributed by atoms with van der Waals surface area (Å²) in [7, 11) is 0. The van der Waals surface area contributed by atoms with Crippen molar-refractivity contribution in [2.75, 3.05) is 6.61 Å². The third kappa shape index (κ3) is 4.07. The number of benzene rings is 2. The molecule has 0 amide bonds. The molecule has 0 spiro atoms. The third-order valence-corrected chi connectivity index (χ3v) is 4.74. The largest absolute Gasteiger partial charge is 0.494 e. The first kappa shape index (κ1) is 18.5. The smallest absolute Gasteiger partial charge is 0.422 e. The van der Waals surface area contributed by atoms with Crippen LogP contribution >= 0.6 is 15.9 Å². The summed E-state index contributed by atoms with van der Waals surface area (Å²) < 4.78 is 12.8. The third-order valence-electron chi connectivity index (χ3n) is 4.13. The summed E-state index contributed by atoms with van der Waals surface area (Å²) in [6, 6.07) is 11.5. The minimum atomic E-state index is -0.633. The molecule has 1 heterocycles. The van der Waals surface area contributed by atoms with Crippen LogP contribution in [0.2, 0.25) is 0 Å². The van der Waals surface area contributed by atoms with Crippen molar-refractivity contribution in [2.45, 2.75) is 33.2 Å². The number of rotatable bonds is 6. The Kier molecular flexibility index (Phi) is 5.61. The highest BCUT2D eigenvalue weighted by Crippen LogP contribution is 2.23. The summed E-state index contributed by atoms with van der Waals surface area (Å²) in [6.45, 7) is 4.93. The number of halogens is 1. The minimum absolute atomic E-state index is 0.410.